The summed E-state index contributed by atoms with van der Waals surface area (Å²) >= 11 is 1.63. The van der Waals surface area contributed by atoms with Crippen molar-refractivity contribution < 1.29 is 9.47 Å². The molecular formula is C13H10N2O2S. The van der Waals surface area contributed by atoms with Crippen LogP contribution in [-0.4, -0.2) is 22.6 Å². The predicted molar refractivity (Wildman–Crippen MR) is 69.5 cm³/mol. The zero-order valence-electron chi connectivity index (χ0n) is 9.50. The highest BCUT2D eigenvalue weighted by Crippen LogP contribution is 2.35. The van der Waals surface area contributed by atoms with Crippen LogP contribution in [0.25, 0.3) is 16.2 Å². The summed E-state index contributed by atoms with van der Waals surface area (Å²) in [5, 5.41) is 2.10. The molecule has 4 rings (SSSR count). The first-order chi connectivity index (χ1) is 8.92. The van der Waals surface area contributed by atoms with Crippen LogP contribution in [0.15, 0.2) is 36.0 Å². The number of nitrogens with zero attached hydrogens (tertiary/aromatic N) is 2. The molecule has 0 saturated heterocycles. The second kappa shape index (κ2) is 3.74. The van der Waals surface area contributed by atoms with E-state index in [0.717, 1.165) is 27.7 Å². The second-order valence-corrected chi connectivity index (χ2v) is 4.90. The molecule has 0 aliphatic carbocycles. The van der Waals surface area contributed by atoms with Gasteiger partial charge in [-0.05, 0) is 18.2 Å². The van der Waals surface area contributed by atoms with Crippen molar-refractivity contribution in [1.29, 1.82) is 0 Å². The van der Waals surface area contributed by atoms with Gasteiger partial charge in [-0.1, -0.05) is 0 Å². The van der Waals surface area contributed by atoms with Crippen molar-refractivity contribution >= 4 is 16.3 Å². The van der Waals surface area contributed by atoms with Crippen molar-refractivity contribution in [2.45, 2.75) is 0 Å². The van der Waals surface area contributed by atoms with E-state index in [2.05, 4.69) is 20.8 Å². The third kappa shape index (κ3) is 1.41. The van der Waals surface area contributed by atoms with E-state index >= 15 is 0 Å². The van der Waals surface area contributed by atoms with Crippen molar-refractivity contribution in [2.75, 3.05) is 13.2 Å². The molecule has 0 amide bonds. The van der Waals surface area contributed by atoms with Crippen LogP contribution in [0.5, 0.6) is 11.5 Å². The molecule has 0 fully saturated rings. The Hall–Kier alpha value is -2.01. The zero-order chi connectivity index (χ0) is 11.9. The maximum absolute atomic E-state index is 5.61. The van der Waals surface area contributed by atoms with Gasteiger partial charge in [-0.2, -0.15) is 0 Å². The molecule has 0 spiro atoms. The van der Waals surface area contributed by atoms with Gasteiger partial charge in [0.2, 0.25) is 0 Å². The Kier molecular flexibility index (Phi) is 2.07. The Morgan fingerprint density at radius 1 is 1.17 bits per heavy atom. The first-order valence-electron chi connectivity index (χ1n) is 5.72. The molecule has 0 N–H and O–H groups in total. The largest absolute Gasteiger partial charge is 0.486 e. The monoisotopic (exact) mass is 258 g/mol. The van der Waals surface area contributed by atoms with Gasteiger partial charge in [-0.15, -0.1) is 11.3 Å². The van der Waals surface area contributed by atoms with Crippen LogP contribution in [-0.2, 0) is 0 Å². The zero-order valence-corrected chi connectivity index (χ0v) is 10.3. The summed E-state index contributed by atoms with van der Waals surface area (Å²) in [6.07, 6.45) is 3.78. The molecule has 3 heterocycles. The van der Waals surface area contributed by atoms with Gasteiger partial charge in [0.05, 0.1) is 5.69 Å². The van der Waals surface area contributed by atoms with Gasteiger partial charge < -0.3 is 9.47 Å². The van der Waals surface area contributed by atoms with Gasteiger partial charge in [0.15, 0.2) is 16.5 Å². The summed E-state index contributed by atoms with van der Waals surface area (Å²) < 4.78 is 13.2. The van der Waals surface area contributed by atoms with E-state index in [1.165, 1.54) is 0 Å². The maximum Gasteiger partial charge on any atom is 0.194 e. The molecule has 0 radical (unpaired) electrons. The number of hydrogen-bond acceptors (Lipinski definition) is 4. The van der Waals surface area contributed by atoms with E-state index in [1.807, 2.05) is 24.5 Å². The van der Waals surface area contributed by atoms with Crippen LogP contribution >= 0.6 is 11.3 Å². The third-order valence-electron chi connectivity index (χ3n) is 2.98. The average molecular weight is 258 g/mol. The maximum atomic E-state index is 5.61. The molecular weight excluding hydrogens is 248 g/mol. The van der Waals surface area contributed by atoms with Gasteiger partial charge in [0.25, 0.3) is 0 Å². The van der Waals surface area contributed by atoms with E-state index in [1.54, 1.807) is 11.3 Å². The van der Waals surface area contributed by atoms with Crippen LogP contribution in [0.2, 0.25) is 0 Å². The number of aromatic nitrogens is 2. The van der Waals surface area contributed by atoms with Crippen LogP contribution in [0.3, 0.4) is 0 Å². The van der Waals surface area contributed by atoms with Crippen LogP contribution < -0.4 is 9.47 Å². The highest BCUT2D eigenvalue weighted by molar-refractivity contribution is 7.15. The van der Waals surface area contributed by atoms with Gasteiger partial charge >= 0.3 is 0 Å². The first-order valence-corrected chi connectivity index (χ1v) is 6.60. The van der Waals surface area contributed by atoms with Crippen LogP contribution in [0, 0.1) is 0 Å². The van der Waals surface area contributed by atoms with Gasteiger partial charge in [0, 0.05) is 23.3 Å². The average Bonchev–Trinajstić information content (AvgIpc) is 3.00. The van der Waals surface area contributed by atoms with Crippen molar-refractivity contribution in [3.63, 3.8) is 0 Å². The minimum absolute atomic E-state index is 0.612. The minimum atomic E-state index is 0.612. The van der Waals surface area contributed by atoms with Crippen LogP contribution in [0.1, 0.15) is 0 Å². The number of fused-ring (bicyclic) bond motifs is 2. The summed E-state index contributed by atoms with van der Waals surface area (Å²) in [4.78, 5) is 5.28. The molecule has 1 aromatic carbocycles. The van der Waals surface area contributed by atoms with Gasteiger partial charge in [-0.3, -0.25) is 4.40 Å². The standard InChI is InChI=1S/C13H10N2O2S/c1-2-11-12(17-6-5-16-11)7-9(1)10-8-18-13-14-3-4-15(10)13/h1-4,7-8H,5-6H2. The number of imidazole rings is 1. The molecule has 18 heavy (non-hydrogen) atoms. The fraction of sp³-hybridized carbons (Fsp3) is 0.154. The third-order valence-corrected chi connectivity index (χ3v) is 3.83. The lowest BCUT2D eigenvalue weighted by Gasteiger charge is -2.18. The molecule has 0 bridgehead atoms. The summed E-state index contributed by atoms with van der Waals surface area (Å²) in [5.74, 6) is 1.64. The van der Waals surface area contributed by atoms with Gasteiger partial charge in [0.1, 0.15) is 13.2 Å². The Bertz CT molecular complexity index is 717. The molecule has 3 aromatic rings. The SMILES string of the molecule is c1cn2c(-c3ccc4c(c3)OCCO4)csc2n1. The highest BCUT2D eigenvalue weighted by Gasteiger charge is 2.14. The van der Waals surface area contributed by atoms with Crippen molar-refractivity contribution in [2.24, 2.45) is 0 Å². The Morgan fingerprint density at radius 3 is 3.00 bits per heavy atom. The van der Waals surface area contributed by atoms with Crippen molar-refractivity contribution in [3.8, 4) is 22.8 Å². The Morgan fingerprint density at radius 2 is 2.06 bits per heavy atom. The molecule has 5 heteroatoms. The quantitative estimate of drug-likeness (QED) is 0.673. The second-order valence-electron chi connectivity index (χ2n) is 4.06. The molecule has 90 valence electrons. The lowest BCUT2D eigenvalue weighted by molar-refractivity contribution is 0.171. The number of benzene rings is 1. The van der Waals surface area contributed by atoms with Crippen molar-refractivity contribution in [1.82, 2.24) is 9.38 Å². The molecule has 0 unspecified atom stereocenters. The number of ether oxygens (including phenoxy) is 2. The van der Waals surface area contributed by atoms with Crippen LogP contribution in [0.4, 0.5) is 0 Å². The number of rotatable bonds is 1. The summed E-state index contributed by atoms with van der Waals surface area (Å²) in [6, 6.07) is 6.04. The molecule has 0 saturated carbocycles. The van der Waals surface area contributed by atoms with Crippen molar-refractivity contribution in [3.05, 3.63) is 36.0 Å². The first kappa shape index (κ1) is 9.96. The smallest absolute Gasteiger partial charge is 0.194 e. The molecule has 1 aliphatic rings. The lowest BCUT2D eigenvalue weighted by Crippen LogP contribution is -2.15. The Labute approximate surface area is 107 Å². The normalized spacial score (nSPS) is 14.0. The molecule has 2 aromatic heterocycles. The molecule has 4 nitrogen and oxygen atoms in total. The highest BCUT2D eigenvalue weighted by atomic mass is 32.1. The van der Waals surface area contributed by atoms with E-state index < -0.39 is 0 Å². The Balaban J connectivity index is 1.87. The molecule has 1 aliphatic heterocycles. The molecule has 0 atom stereocenters. The topological polar surface area (TPSA) is 35.8 Å². The lowest BCUT2D eigenvalue weighted by atomic mass is 10.1. The van der Waals surface area contributed by atoms with Gasteiger partial charge in [-0.25, -0.2) is 4.98 Å². The van der Waals surface area contributed by atoms with E-state index in [9.17, 15) is 0 Å². The van der Waals surface area contributed by atoms with E-state index in [4.69, 9.17) is 9.47 Å². The summed E-state index contributed by atoms with van der Waals surface area (Å²) in [6.45, 7) is 1.23. The number of thiazole rings is 1. The minimum Gasteiger partial charge on any atom is -0.486 e. The fourth-order valence-electron chi connectivity index (χ4n) is 2.14. The number of hydrogen-bond donors (Lipinski definition) is 0. The van der Waals surface area contributed by atoms with E-state index in [-0.39, 0.29) is 0 Å². The fourth-order valence-corrected chi connectivity index (χ4v) is 3.00. The summed E-state index contributed by atoms with van der Waals surface area (Å²) in [5.41, 5.74) is 2.24. The predicted octanol–water partition coefficient (Wildman–Crippen LogP) is 2.83. The summed E-state index contributed by atoms with van der Waals surface area (Å²) in [7, 11) is 0. The van der Waals surface area contributed by atoms with E-state index in [0.29, 0.717) is 13.2 Å².